The lowest BCUT2D eigenvalue weighted by molar-refractivity contribution is -0.150. The summed E-state index contributed by atoms with van der Waals surface area (Å²) in [5.41, 5.74) is 0.390. The van der Waals surface area contributed by atoms with Gasteiger partial charge >= 0.3 is 19.5 Å². The molecule has 0 heterocycles. The summed E-state index contributed by atoms with van der Waals surface area (Å²) in [5.74, 6) is -2.66. The summed E-state index contributed by atoms with van der Waals surface area (Å²) >= 11 is 0. The zero-order valence-corrected chi connectivity index (χ0v) is 16.3. The standard InChI is InChI=1S/C18H21O9P/c1-13(20)24-11-26-28(22,27-12-25-14(2)21)18(23-10-19)17-8-7-15-5-3-4-6-16(15)9-17/h3-9,18-19H,10-12H2,1-2H3. The number of fused-ring (bicyclic) bond motifs is 1. The smallest absolute Gasteiger partial charge is 0.369 e. The van der Waals surface area contributed by atoms with Gasteiger partial charge in [-0.15, -0.1) is 0 Å². The Morgan fingerprint density at radius 3 is 2.07 bits per heavy atom. The number of ether oxygens (including phenoxy) is 3. The number of benzene rings is 2. The van der Waals surface area contributed by atoms with Crippen LogP contribution in [0.15, 0.2) is 42.5 Å². The van der Waals surface area contributed by atoms with Gasteiger partial charge in [0.1, 0.15) is 6.79 Å². The molecule has 0 radical (unpaired) electrons. The summed E-state index contributed by atoms with van der Waals surface area (Å²) in [4.78, 5) is 21.9. The quantitative estimate of drug-likeness (QED) is 0.357. The Bertz CT molecular complexity index is 843. The van der Waals surface area contributed by atoms with E-state index in [0.29, 0.717) is 5.56 Å². The van der Waals surface area contributed by atoms with Crippen molar-refractivity contribution in [2.75, 3.05) is 20.4 Å². The number of aliphatic hydroxyl groups excluding tert-OH is 1. The first-order chi connectivity index (χ1) is 13.4. The van der Waals surface area contributed by atoms with Crippen LogP contribution in [0.25, 0.3) is 10.8 Å². The largest absolute Gasteiger partial charge is 0.438 e. The van der Waals surface area contributed by atoms with E-state index in [2.05, 4.69) is 9.47 Å². The molecule has 152 valence electrons. The Morgan fingerprint density at radius 2 is 1.54 bits per heavy atom. The summed E-state index contributed by atoms with van der Waals surface area (Å²) < 4.78 is 38.2. The average Bonchev–Trinajstić information content (AvgIpc) is 2.65. The van der Waals surface area contributed by atoms with Crippen LogP contribution >= 0.6 is 7.60 Å². The van der Waals surface area contributed by atoms with Crippen LogP contribution < -0.4 is 0 Å². The van der Waals surface area contributed by atoms with Crippen molar-refractivity contribution in [2.24, 2.45) is 0 Å². The first kappa shape index (κ1) is 22.0. The fourth-order valence-corrected chi connectivity index (χ4v) is 3.86. The average molecular weight is 412 g/mol. The molecule has 0 bridgehead atoms. The minimum Gasteiger partial charge on any atom is -0.438 e. The molecule has 1 atom stereocenters. The van der Waals surface area contributed by atoms with Crippen molar-refractivity contribution >= 4 is 30.3 Å². The van der Waals surface area contributed by atoms with E-state index in [1.807, 2.05) is 24.3 Å². The molecule has 2 rings (SSSR count). The molecule has 0 fully saturated rings. The van der Waals surface area contributed by atoms with Crippen LogP contribution in [0.5, 0.6) is 0 Å². The molecule has 0 aliphatic rings. The number of hydrogen-bond donors (Lipinski definition) is 1. The summed E-state index contributed by atoms with van der Waals surface area (Å²) in [6.07, 6.45) is 0. The van der Waals surface area contributed by atoms with Crippen LogP contribution in [-0.4, -0.2) is 37.4 Å². The maximum atomic E-state index is 13.3. The van der Waals surface area contributed by atoms with Crippen LogP contribution in [0, 0.1) is 0 Å². The number of aliphatic hydroxyl groups is 1. The molecule has 0 aromatic heterocycles. The van der Waals surface area contributed by atoms with Crippen LogP contribution in [0.1, 0.15) is 25.3 Å². The van der Waals surface area contributed by atoms with Gasteiger partial charge in [-0.25, -0.2) is 0 Å². The van der Waals surface area contributed by atoms with Crippen molar-refractivity contribution in [1.82, 2.24) is 0 Å². The minimum atomic E-state index is -4.20. The second kappa shape index (κ2) is 10.3. The van der Waals surface area contributed by atoms with E-state index in [-0.39, 0.29) is 0 Å². The fraction of sp³-hybridized carbons (Fsp3) is 0.333. The number of carbonyl (C=O) groups excluding carboxylic acids is 2. The van der Waals surface area contributed by atoms with Crippen LogP contribution in [0.3, 0.4) is 0 Å². The molecule has 2 aromatic carbocycles. The molecule has 28 heavy (non-hydrogen) atoms. The SMILES string of the molecule is CC(=O)OCOP(=O)(OCOC(C)=O)C(OCO)c1ccc2ccccc2c1. The van der Waals surface area contributed by atoms with Gasteiger partial charge in [0, 0.05) is 13.8 Å². The third kappa shape index (κ3) is 6.12. The molecule has 0 saturated heterocycles. The van der Waals surface area contributed by atoms with Crippen molar-refractivity contribution in [3.05, 3.63) is 48.0 Å². The Hall–Kier alpha value is -2.29. The van der Waals surface area contributed by atoms with Crippen molar-refractivity contribution in [3.63, 3.8) is 0 Å². The Balaban J connectivity index is 2.35. The molecule has 10 heteroatoms. The fourth-order valence-electron chi connectivity index (χ4n) is 2.34. The van der Waals surface area contributed by atoms with Gasteiger partial charge < -0.3 is 19.3 Å². The molecule has 2 aromatic rings. The highest BCUT2D eigenvalue weighted by molar-refractivity contribution is 7.54. The predicted octanol–water partition coefficient (Wildman–Crippen LogP) is 3.07. The minimum absolute atomic E-state index is 0.390. The van der Waals surface area contributed by atoms with E-state index in [0.717, 1.165) is 24.6 Å². The highest BCUT2D eigenvalue weighted by Gasteiger charge is 2.39. The number of rotatable bonds is 10. The molecule has 1 N–H and O–H groups in total. The zero-order valence-electron chi connectivity index (χ0n) is 15.4. The van der Waals surface area contributed by atoms with E-state index in [1.165, 1.54) is 0 Å². The van der Waals surface area contributed by atoms with E-state index in [1.54, 1.807) is 18.2 Å². The third-order valence-corrected chi connectivity index (χ3v) is 5.52. The second-order valence-corrected chi connectivity index (χ2v) is 7.63. The van der Waals surface area contributed by atoms with Crippen LogP contribution in [0.2, 0.25) is 0 Å². The Morgan fingerprint density at radius 1 is 0.964 bits per heavy atom. The van der Waals surface area contributed by atoms with Gasteiger partial charge in [0.05, 0.1) is 0 Å². The highest BCUT2D eigenvalue weighted by atomic mass is 31.2. The van der Waals surface area contributed by atoms with Gasteiger partial charge in [0.2, 0.25) is 13.6 Å². The topological polar surface area (TPSA) is 118 Å². The van der Waals surface area contributed by atoms with Crippen LogP contribution in [-0.2, 0) is 37.4 Å². The molecule has 0 aliphatic carbocycles. The van der Waals surface area contributed by atoms with Crippen molar-refractivity contribution in [1.29, 1.82) is 0 Å². The Labute approximate surface area is 161 Å². The monoisotopic (exact) mass is 412 g/mol. The van der Waals surface area contributed by atoms with E-state index < -0.39 is 45.8 Å². The van der Waals surface area contributed by atoms with Gasteiger partial charge in [-0.3, -0.25) is 23.2 Å². The predicted molar refractivity (Wildman–Crippen MR) is 97.9 cm³/mol. The van der Waals surface area contributed by atoms with Gasteiger partial charge in [-0.2, -0.15) is 0 Å². The van der Waals surface area contributed by atoms with E-state index in [4.69, 9.17) is 13.8 Å². The maximum absolute atomic E-state index is 13.3. The zero-order chi connectivity index (χ0) is 20.6. The summed E-state index contributed by atoms with van der Waals surface area (Å²) in [7, 11) is -4.20. The van der Waals surface area contributed by atoms with Crippen LogP contribution in [0.4, 0.5) is 0 Å². The summed E-state index contributed by atoms with van der Waals surface area (Å²) in [6, 6.07) is 12.6. The summed E-state index contributed by atoms with van der Waals surface area (Å²) in [5, 5.41) is 11.0. The number of hydrogen-bond acceptors (Lipinski definition) is 9. The highest BCUT2D eigenvalue weighted by Crippen LogP contribution is 2.61. The van der Waals surface area contributed by atoms with Gasteiger partial charge in [-0.05, 0) is 22.4 Å². The van der Waals surface area contributed by atoms with Crippen molar-refractivity contribution in [2.45, 2.75) is 19.7 Å². The van der Waals surface area contributed by atoms with Gasteiger partial charge in [0.25, 0.3) is 0 Å². The lowest BCUT2D eigenvalue weighted by atomic mass is 10.1. The number of esters is 2. The molecule has 0 amide bonds. The molecular weight excluding hydrogens is 391 g/mol. The van der Waals surface area contributed by atoms with E-state index in [9.17, 15) is 19.3 Å². The lowest BCUT2D eigenvalue weighted by Crippen LogP contribution is -2.15. The third-order valence-electron chi connectivity index (χ3n) is 3.57. The molecular formula is C18H21O9P. The lowest BCUT2D eigenvalue weighted by Gasteiger charge is -2.26. The summed E-state index contributed by atoms with van der Waals surface area (Å²) in [6.45, 7) is 0.171. The molecule has 9 nitrogen and oxygen atoms in total. The first-order valence-corrected chi connectivity index (χ1v) is 9.83. The molecule has 0 aliphatic heterocycles. The first-order valence-electron chi connectivity index (χ1n) is 8.22. The van der Waals surface area contributed by atoms with Crippen molar-refractivity contribution < 1.29 is 42.5 Å². The van der Waals surface area contributed by atoms with Gasteiger partial charge in [-0.1, -0.05) is 36.4 Å². The second-order valence-electron chi connectivity index (χ2n) is 5.56. The van der Waals surface area contributed by atoms with Gasteiger partial charge in [0.15, 0.2) is 5.85 Å². The molecule has 0 spiro atoms. The maximum Gasteiger partial charge on any atom is 0.369 e. The molecule has 0 saturated carbocycles. The van der Waals surface area contributed by atoms with E-state index >= 15 is 0 Å². The Kier molecular flexibility index (Phi) is 8.10. The van der Waals surface area contributed by atoms with Crippen molar-refractivity contribution in [3.8, 4) is 0 Å². The number of carbonyl (C=O) groups is 2. The molecule has 1 unspecified atom stereocenters. The normalized spacial score (nSPS) is 12.5.